The zero-order valence-corrected chi connectivity index (χ0v) is 15.5. The minimum absolute atomic E-state index is 0.00864. The van der Waals surface area contributed by atoms with Crippen molar-refractivity contribution < 1.29 is 24.4 Å². The van der Waals surface area contributed by atoms with E-state index in [0.29, 0.717) is 18.8 Å². The second-order valence-corrected chi connectivity index (χ2v) is 6.80. The third kappa shape index (κ3) is 3.86. The van der Waals surface area contributed by atoms with Crippen molar-refractivity contribution in [1.29, 1.82) is 0 Å². The number of benzene rings is 2. The summed E-state index contributed by atoms with van der Waals surface area (Å²) in [5.74, 6) is -1.80. The van der Waals surface area contributed by atoms with E-state index in [4.69, 9.17) is 4.74 Å². The Morgan fingerprint density at radius 2 is 1.71 bits per heavy atom. The number of anilines is 1. The molecular formula is C20H20N2O6. The van der Waals surface area contributed by atoms with Gasteiger partial charge in [-0.3, -0.25) is 14.9 Å². The molecule has 0 radical (unpaired) electrons. The molecule has 1 N–H and O–H groups in total. The van der Waals surface area contributed by atoms with Crippen LogP contribution in [0, 0.1) is 10.1 Å². The van der Waals surface area contributed by atoms with E-state index in [1.54, 1.807) is 12.1 Å². The van der Waals surface area contributed by atoms with Crippen LogP contribution >= 0.6 is 0 Å². The largest absolute Gasteiger partial charge is 0.478 e. The molecular weight excluding hydrogens is 364 g/mol. The first-order chi connectivity index (χ1) is 13.3. The number of carbonyl (C=O) groups excluding carboxylic acids is 1. The number of rotatable bonds is 5. The molecule has 1 aliphatic heterocycles. The van der Waals surface area contributed by atoms with Gasteiger partial charge in [0.05, 0.1) is 22.7 Å². The molecule has 1 saturated heterocycles. The summed E-state index contributed by atoms with van der Waals surface area (Å²) < 4.78 is 5.67. The third-order valence-corrected chi connectivity index (χ3v) is 4.60. The van der Waals surface area contributed by atoms with E-state index in [1.807, 2.05) is 18.7 Å². The molecule has 1 aliphatic rings. The first-order valence-electron chi connectivity index (χ1n) is 8.83. The zero-order valence-electron chi connectivity index (χ0n) is 15.5. The second kappa shape index (κ2) is 7.77. The van der Waals surface area contributed by atoms with Crippen molar-refractivity contribution in [1.82, 2.24) is 0 Å². The summed E-state index contributed by atoms with van der Waals surface area (Å²) in [5.41, 5.74) is 0.134. The van der Waals surface area contributed by atoms with Gasteiger partial charge in [0.1, 0.15) is 5.69 Å². The third-order valence-electron chi connectivity index (χ3n) is 4.60. The van der Waals surface area contributed by atoms with E-state index in [0.717, 1.165) is 0 Å². The summed E-state index contributed by atoms with van der Waals surface area (Å²) in [6.45, 7) is 4.80. The van der Waals surface area contributed by atoms with E-state index in [-0.39, 0.29) is 34.6 Å². The lowest BCUT2D eigenvalue weighted by Gasteiger charge is -2.36. The fraction of sp³-hybridized carbons (Fsp3) is 0.300. The number of carboxylic acids is 1. The molecule has 3 rings (SSSR count). The highest BCUT2D eigenvalue weighted by Gasteiger charge is 2.29. The van der Waals surface area contributed by atoms with Crippen LogP contribution in [-0.2, 0) is 4.74 Å². The molecule has 2 aromatic carbocycles. The lowest BCUT2D eigenvalue weighted by atomic mass is 9.97. The number of aromatic carboxylic acids is 1. The maximum atomic E-state index is 12.8. The first-order valence-corrected chi connectivity index (χ1v) is 8.83. The fourth-order valence-corrected chi connectivity index (χ4v) is 3.48. The van der Waals surface area contributed by atoms with Crippen LogP contribution in [-0.4, -0.2) is 47.1 Å². The molecule has 0 amide bonds. The predicted octanol–water partition coefficient (Wildman–Crippen LogP) is 3.14. The molecule has 2 atom stereocenters. The molecule has 8 nitrogen and oxygen atoms in total. The molecule has 8 heteroatoms. The van der Waals surface area contributed by atoms with E-state index < -0.39 is 16.7 Å². The molecule has 0 unspecified atom stereocenters. The van der Waals surface area contributed by atoms with Gasteiger partial charge in [0.15, 0.2) is 5.78 Å². The molecule has 1 heterocycles. The number of nitro benzene ring substituents is 1. The van der Waals surface area contributed by atoms with Crippen LogP contribution in [0.1, 0.15) is 40.1 Å². The van der Waals surface area contributed by atoms with Crippen LogP contribution in [0.4, 0.5) is 11.4 Å². The van der Waals surface area contributed by atoms with Gasteiger partial charge in [0, 0.05) is 30.3 Å². The zero-order chi connectivity index (χ0) is 20.4. The van der Waals surface area contributed by atoms with Gasteiger partial charge in [-0.2, -0.15) is 0 Å². The predicted molar refractivity (Wildman–Crippen MR) is 102 cm³/mol. The van der Waals surface area contributed by atoms with E-state index in [9.17, 15) is 24.8 Å². The smallest absolute Gasteiger partial charge is 0.336 e. The van der Waals surface area contributed by atoms with Crippen molar-refractivity contribution in [3.63, 3.8) is 0 Å². The lowest BCUT2D eigenvalue weighted by molar-refractivity contribution is -0.384. The van der Waals surface area contributed by atoms with Gasteiger partial charge in [0.25, 0.3) is 5.69 Å². The van der Waals surface area contributed by atoms with Crippen LogP contribution in [0.25, 0.3) is 0 Å². The van der Waals surface area contributed by atoms with Crippen molar-refractivity contribution in [2.24, 2.45) is 0 Å². The van der Waals surface area contributed by atoms with Gasteiger partial charge in [-0.25, -0.2) is 4.79 Å². The fourth-order valence-electron chi connectivity index (χ4n) is 3.48. The highest BCUT2D eigenvalue weighted by atomic mass is 16.6. The van der Waals surface area contributed by atoms with Crippen molar-refractivity contribution >= 4 is 23.1 Å². The Morgan fingerprint density at radius 3 is 2.29 bits per heavy atom. The molecule has 0 aromatic heterocycles. The topological polar surface area (TPSA) is 110 Å². The summed E-state index contributed by atoms with van der Waals surface area (Å²) in [4.78, 5) is 37.2. The number of carboxylic acid groups (broad SMARTS) is 1. The molecule has 0 bridgehead atoms. The van der Waals surface area contributed by atoms with Crippen LogP contribution in [0.3, 0.4) is 0 Å². The molecule has 1 fully saturated rings. The Labute approximate surface area is 161 Å². The van der Waals surface area contributed by atoms with Gasteiger partial charge in [-0.05, 0) is 32.0 Å². The summed E-state index contributed by atoms with van der Waals surface area (Å²) >= 11 is 0. The number of ether oxygens (including phenoxy) is 1. The summed E-state index contributed by atoms with van der Waals surface area (Å²) in [6.07, 6.45) is -0.154. The van der Waals surface area contributed by atoms with Crippen molar-refractivity contribution in [2.75, 3.05) is 18.0 Å². The number of morpholine rings is 1. The monoisotopic (exact) mass is 384 g/mol. The van der Waals surface area contributed by atoms with Gasteiger partial charge in [-0.15, -0.1) is 0 Å². The van der Waals surface area contributed by atoms with Crippen LogP contribution in [0.15, 0.2) is 42.5 Å². The van der Waals surface area contributed by atoms with Gasteiger partial charge in [-0.1, -0.05) is 18.2 Å². The van der Waals surface area contributed by atoms with Crippen molar-refractivity contribution in [2.45, 2.75) is 26.1 Å². The van der Waals surface area contributed by atoms with E-state index in [2.05, 4.69) is 0 Å². The molecule has 28 heavy (non-hydrogen) atoms. The normalized spacial score (nSPS) is 19.3. The van der Waals surface area contributed by atoms with Crippen LogP contribution in [0.2, 0.25) is 0 Å². The summed E-state index contributed by atoms with van der Waals surface area (Å²) in [6, 6.07) is 10.0. The number of carbonyl (C=O) groups is 2. The van der Waals surface area contributed by atoms with Crippen LogP contribution in [0.5, 0.6) is 0 Å². The second-order valence-electron chi connectivity index (χ2n) is 6.80. The number of nitro groups is 1. The van der Waals surface area contributed by atoms with Crippen molar-refractivity contribution in [3.05, 3.63) is 69.3 Å². The Kier molecular flexibility index (Phi) is 5.41. The average Bonchev–Trinajstić information content (AvgIpc) is 2.66. The highest BCUT2D eigenvalue weighted by Crippen LogP contribution is 2.32. The van der Waals surface area contributed by atoms with Gasteiger partial charge < -0.3 is 14.7 Å². The Hall–Kier alpha value is -3.26. The van der Waals surface area contributed by atoms with Gasteiger partial charge >= 0.3 is 5.97 Å². The molecule has 0 spiro atoms. The minimum atomic E-state index is -1.23. The number of hydrogen-bond donors (Lipinski definition) is 1. The van der Waals surface area contributed by atoms with Crippen molar-refractivity contribution in [3.8, 4) is 0 Å². The minimum Gasteiger partial charge on any atom is -0.478 e. The number of nitrogens with zero attached hydrogens (tertiary/aromatic N) is 2. The maximum Gasteiger partial charge on any atom is 0.336 e. The molecule has 146 valence electrons. The first kappa shape index (κ1) is 19.5. The molecule has 0 aliphatic carbocycles. The SMILES string of the molecule is C[C@H]1CN(c2ccc(C(=O)c3ccccc3C(=O)O)cc2[N+](=O)[O-])C[C@H](C)O1. The number of ketones is 1. The standard InChI is InChI=1S/C20H20N2O6/c1-12-10-21(11-13(2)28-12)17-8-7-14(9-18(17)22(26)27)19(23)15-5-3-4-6-16(15)20(24)25/h3-9,12-13H,10-11H2,1-2H3,(H,24,25)/t12-,13-/m0/s1. The molecule has 0 saturated carbocycles. The maximum absolute atomic E-state index is 12.8. The highest BCUT2D eigenvalue weighted by molar-refractivity contribution is 6.14. The average molecular weight is 384 g/mol. The van der Waals surface area contributed by atoms with Gasteiger partial charge in [0.2, 0.25) is 0 Å². The number of hydrogen-bond acceptors (Lipinski definition) is 6. The Balaban J connectivity index is 2.01. The molecule has 2 aromatic rings. The van der Waals surface area contributed by atoms with E-state index >= 15 is 0 Å². The Morgan fingerprint density at radius 1 is 1.11 bits per heavy atom. The summed E-state index contributed by atoms with van der Waals surface area (Å²) in [5, 5.41) is 20.9. The van der Waals surface area contributed by atoms with Crippen LogP contribution < -0.4 is 4.90 Å². The Bertz CT molecular complexity index is 932. The van der Waals surface area contributed by atoms with E-state index in [1.165, 1.54) is 30.3 Å². The lowest BCUT2D eigenvalue weighted by Crippen LogP contribution is -2.45. The summed E-state index contributed by atoms with van der Waals surface area (Å²) in [7, 11) is 0. The quantitative estimate of drug-likeness (QED) is 0.479.